The van der Waals surface area contributed by atoms with Gasteiger partial charge in [-0.05, 0) is 18.9 Å². The Kier molecular flexibility index (Phi) is 5.85. The molecule has 0 aromatic carbocycles. The number of carbonyl (C=O) groups excluding carboxylic acids is 1. The summed E-state index contributed by atoms with van der Waals surface area (Å²) in [5.41, 5.74) is 0. The molecule has 0 spiro atoms. The minimum Gasteiger partial charge on any atom is -0.336 e. The number of urea groups is 1. The summed E-state index contributed by atoms with van der Waals surface area (Å²) in [4.78, 5) is 11.5. The molecule has 1 aromatic rings. The third kappa shape index (κ3) is 5.19. The van der Waals surface area contributed by atoms with Crippen LogP contribution in [0.15, 0.2) is 31.1 Å². The van der Waals surface area contributed by atoms with Gasteiger partial charge in [-0.1, -0.05) is 13.0 Å². The molecule has 0 aliphatic heterocycles. The van der Waals surface area contributed by atoms with Gasteiger partial charge in [0.05, 0.1) is 6.54 Å². The quantitative estimate of drug-likeness (QED) is 0.705. The number of carbonyl (C=O) groups is 1. The summed E-state index contributed by atoms with van der Waals surface area (Å²) in [5.74, 6) is 0. The van der Waals surface area contributed by atoms with E-state index in [-0.39, 0.29) is 12.1 Å². The van der Waals surface area contributed by atoms with Crippen molar-refractivity contribution in [2.45, 2.75) is 32.4 Å². The number of aromatic nitrogens is 2. The first-order chi connectivity index (χ1) is 8.26. The summed E-state index contributed by atoms with van der Waals surface area (Å²) < 4.78 is 1.78. The number of rotatable bonds is 7. The van der Waals surface area contributed by atoms with Crippen LogP contribution in [0.1, 0.15) is 19.8 Å². The Morgan fingerprint density at radius 2 is 2.47 bits per heavy atom. The Hall–Kier alpha value is -1.78. The van der Waals surface area contributed by atoms with Crippen molar-refractivity contribution in [2.75, 3.05) is 6.54 Å². The van der Waals surface area contributed by atoms with Crippen molar-refractivity contribution < 1.29 is 4.79 Å². The molecule has 0 saturated heterocycles. The summed E-state index contributed by atoms with van der Waals surface area (Å²) in [7, 11) is 0. The number of amides is 2. The molecule has 1 rings (SSSR count). The van der Waals surface area contributed by atoms with Crippen LogP contribution in [0.5, 0.6) is 0 Å². The molecule has 2 N–H and O–H groups in total. The molecule has 1 atom stereocenters. The standard InChI is InChI=1S/C12H20N4O/c1-3-6-11(4-2)15-12(17)13-8-10-16-9-5-7-14-16/h3,5,7,9,11H,1,4,6,8,10H2,2H3,(H2,13,15,17)/t11-/m0/s1. The summed E-state index contributed by atoms with van der Waals surface area (Å²) >= 11 is 0. The smallest absolute Gasteiger partial charge is 0.315 e. The van der Waals surface area contributed by atoms with Crippen LogP contribution in [0.4, 0.5) is 4.79 Å². The maximum atomic E-state index is 11.5. The van der Waals surface area contributed by atoms with Crippen LogP contribution in [-0.2, 0) is 6.54 Å². The molecule has 1 aromatic heterocycles. The zero-order valence-corrected chi connectivity index (χ0v) is 10.2. The second-order valence-corrected chi connectivity index (χ2v) is 3.80. The summed E-state index contributed by atoms with van der Waals surface area (Å²) in [5, 5.41) is 9.75. The fourth-order valence-electron chi connectivity index (χ4n) is 1.48. The van der Waals surface area contributed by atoms with Gasteiger partial charge in [-0.3, -0.25) is 4.68 Å². The maximum Gasteiger partial charge on any atom is 0.315 e. The largest absolute Gasteiger partial charge is 0.336 e. The molecule has 1 heterocycles. The fraction of sp³-hybridized carbons (Fsp3) is 0.500. The highest BCUT2D eigenvalue weighted by molar-refractivity contribution is 5.74. The van der Waals surface area contributed by atoms with Crippen LogP contribution >= 0.6 is 0 Å². The molecule has 2 amide bonds. The van der Waals surface area contributed by atoms with E-state index in [1.807, 2.05) is 25.3 Å². The van der Waals surface area contributed by atoms with Gasteiger partial charge in [0.15, 0.2) is 0 Å². The summed E-state index contributed by atoms with van der Waals surface area (Å²) in [6.45, 7) is 6.95. The lowest BCUT2D eigenvalue weighted by atomic mass is 10.1. The molecule has 5 nitrogen and oxygen atoms in total. The molecule has 5 heteroatoms. The molecule has 17 heavy (non-hydrogen) atoms. The van der Waals surface area contributed by atoms with Crippen LogP contribution in [0.3, 0.4) is 0 Å². The van der Waals surface area contributed by atoms with E-state index in [1.165, 1.54) is 0 Å². The van der Waals surface area contributed by atoms with Gasteiger partial charge >= 0.3 is 6.03 Å². The highest BCUT2D eigenvalue weighted by atomic mass is 16.2. The normalized spacial score (nSPS) is 11.8. The fourth-order valence-corrected chi connectivity index (χ4v) is 1.48. The third-order valence-corrected chi connectivity index (χ3v) is 2.46. The highest BCUT2D eigenvalue weighted by Gasteiger charge is 2.07. The minimum atomic E-state index is -0.133. The summed E-state index contributed by atoms with van der Waals surface area (Å²) in [6.07, 6.45) is 7.10. The Balaban J connectivity index is 2.18. The lowest BCUT2D eigenvalue weighted by molar-refractivity contribution is 0.236. The average Bonchev–Trinajstić information content (AvgIpc) is 2.81. The van der Waals surface area contributed by atoms with Crippen LogP contribution in [0.2, 0.25) is 0 Å². The van der Waals surface area contributed by atoms with Crippen molar-refractivity contribution in [1.29, 1.82) is 0 Å². The molecule has 94 valence electrons. The van der Waals surface area contributed by atoms with Crippen LogP contribution < -0.4 is 10.6 Å². The molecular formula is C12H20N4O. The van der Waals surface area contributed by atoms with Crippen LogP contribution in [0.25, 0.3) is 0 Å². The second kappa shape index (κ2) is 7.49. The zero-order chi connectivity index (χ0) is 12.5. The van der Waals surface area contributed by atoms with E-state index in [1.54, 1.807) is 10.9 Å². The van der Waals surface area contributed by atoms with Crippen molar-refractivity contribution >= 4 is 6.03 Å². The Labute approximate surface area is 102 Å². The minimum absolute atomic E-state index is 0.133. The number of hydrogen-bond acceptors (Lipinski definition) is 2. The molecule has 0 radical (unpaired) electrons. The van der Waals surface area contributed by atoms with Gasteiger partial charge in [0.2, 0.25) is 0 Å². The predicted molar refractivity (Wildman–Crippen MR) is 67.7 cm³/mol. The molecule has 0 fully saturated rings. The van der Waals surface area contributed by atoms with Gasteiger partial charge in [0.25, 0.3) is 0 Å². The van der Waals surface area contributed by atoms with E-state index in [4.69, 9.17) is 0 Å². The molecular weight excluding hydrogens is 216 g/mol. The molecule has 0 aliphatic rings. The van der Waals surface area contributed by atoms with Crippen molar-refractivity contribution in [2.24, 2.45) is 0 Å². The first-order valence-corrected chi connectivity index (χ1v) is 5.89. The average molecular weight is 236 g/mol. The number of nitrogens with one attached hydrogen (secondary N) is 2. The van der Waals surface area contributed by atoms with Gasteiger partial charge < -0.3 is 10.6 Å². The van der Waals surface area contributed by atoms with Gasteiger partial charge in [-0.25, -0.2) is 4.79 Å². The molecule has 0 aliphatic carbocycles. The highest BCUT2D eigenvalue weighted by Crippen LogP contribution is 1.97. The van der Waals surface area contributed by atoms with E-state index in [0.717, 1.165) is 12.8 Å². The first-order valence-electron chi connectivity index (χ1n) is 5.89. The van der Waals surface area contributed by atoms with Crippen LogP contribution in [-0.4, -0.2) is 28.4 Å². The van der Waals surface area contributed by atoms with E-state index in [0.29, 0.717) is 13.1 Å². The lowest BCUT2D eigenvalue weighted by Crippen LogP contribution is -2.42. The van der Waals surface area contributed by atoms with Gasteiger partial charge in [-0.15, -0.1) is 6.58 Å². The number of nitrogens with zero attached hydrogens (tertiary/aromatic N) is 2. The lowest BCUT2D eigenvalue weighted by Gasteiger charge is -2.15. The van der Waals surface area contributed by atoms with E-state index < -0.39 is 0 Å². The van der Waals surface area contributed by atoms with E-state index in [9.17, 15) is 4.79 Å². The van der Waals surface area contributed by atoms with Gasteiger partial charge in [0, 0.05) is 25.0 Å². The first kappa shape index (κ1) is 13.3. The molecule has 0 saturated carbocycles. The van der Waals surface area contributed by atoms with Crippen molar-refractivity contribution in [3.63, 3.8) is 0 Å². The predicted octanol–water partition coefficient (Wildman–Crippen LogP) is 1.54. The maximum absolute atomic E-state index is 11.5. The van der Waals surface area contributed by atoms with Crippen LogP contribution in [0, 0.1) is 0 Å². The summed E-state index contributed by atoms with van der Waals surface area (Å²) in [6, 6.07) is 1.89. The zero-order valence-electron chi connectivity index (χ0n) is 10.2. The SMILES string of the molecule is C=CC[C@H](CC)NC(=O)NCCn1cccn1. The van der Waals surface area contributed by atoms with Crippen molar-refractivity contribution in [1.82, 2.24) is 20.4 Å². The Morgan fingerprint density at radius 3 is 3.06 bits per heavy atom. The third-order valence-electron chi connectivity index (χ3n) is 2.46. The topological polar surface area (TPSA) is 59.0 Å². The van der Waals surface area contributed by atoms with Gasteiger partial charge in [-0.2, -0.15) is 5.10 Å². The monoisotopic (exact) mass is 236 g/mol. The number of hydrogen-bond donors (Lipinski definition) is 2. The van der Waals surface area contributed by atoms with Gasteiger partial charge in [0.1, 0.15) is 0 Å². The Bertz CT molecular complexity index is 334. The molecule has 0 unspecified atom stereocenters. The van der Waals surface area contributed by atoms with Crippen molar-refractivity contribution in [3.05, 3.63) is 31.1 Å². The van der Waals surface area contributed by atoms with Crippen molar-refractivity contribution in [3.8, 4) is 0 Å². The molecule has 0 bridgehead atoms. The Morgan fingerprint density at radius 1 is 1.65 bits per heavy atom. The van der Waals surface area contributed by atoms with E-state index in [2.05, 4.69) is 22.3 Å². The van der Waals surface area contributed by atoms with E-state index >= 15 is 0 Å². The second-order valence-electron chi connectivity index (χ2n) is 3.80.